The molecule has 3 N–H and O–H groups in total. The lowest BCUT2D eigenvalue weighted by molar-refractivity contribution is -0.0327. The molecule has 0 radical (unpaired) electrons. The molecule has 0 amide bonds. The summed E-state index contributed by atoms with van der Waals surface area (Å²) < 4.78 is 5.67. The summed E-state index contributed by atoms with van der Waals surface area (Å²) in [6.07, 6.45) is 1.38. The van der Waals surface area contributed by atoms with Crippen molar-refractivity contribution in [1.82, 2.24) is 10.2 Å². The molecule has 1 aromatic heterocycles. The lowest BCUT2D eigenvalue weighted by atomic mass is 10.1. The topological polar surface area (TPSA) is 62.9 Å². The van der Waals surface area contributed by atoms with Crippen LogP contribution in [0.15, 0.2) is 22.5 Å². The molecular weight excluding hydrogens is 308 g/mol. The summed E-state index contributed by atoms with van der Waals surface area (Å²) in [6.45, 7) is 10.8. The van der Waals surface area contributed by atoms with E-state index in [4.69, 9.17) is 10.5 Å². The van der Waals surface area contributed by atoms with Crippen LogP contribution in [-0.4, -0.2) is 49.7 Å². The third kappa shape index (κ3) is 6.12. The highest BCUT2D eigenvalue weighted by Crippen LogP contribution is 2.27. The third-order valence-electron chi connectivity index (χ3n) is 4.05. The Morgan fingerprint density at radius 3 is 3.04 bits per heavy atom. The van der Waals surface area contributed by atoms with E-state index in [2.05, 4.69) is 53.5 Å². The maximum atomic E-state index is 6.02. The molecule has 1 aliphatic rings. The van der Waals surface area contributed by atoms with E-state index in [9.17, 15) is 0 Å². The van der Waals surface area contributed by atoms with E-state index < -0.39 is 0 Å². The van der Waals surface area contributed by atoms with Crippen LogP contribution in [-0.2, 0) is 4.74 Å². The van der Waals surface area contributed by atoms with E-state index in [1.165, 1.54) is 4.88 Å². The van der Waals surface area contributed by atoms with Gasteiger partial charge in [0.15, 0.2) is 5.96 Å². The molecule has 2 atom stereocenters. The molecule has 1 aromatic rings. The van der Waals surface area contributed by atoms with Crippen LogP contribution in [0.2, 0.25) is 0 Å². The first-order chi connectivity index (χ1) is 11.1. The lowest BCUT2D eigenvalue weighted by Gasteiger charge is -2.36. The van der Waals surface area contributed by atoms with Gasteiger partial charge in [0.1, 0.15) is 0 Å². The fourth-order valence-corrected chi connectivity index (χ4v) is 3.58. The van der Waals surface area contributed by atoms with Crippen LogP contribution < -0.4 is 11.1 Å². The Labute approximate surface area is 143 Å². The van der Waals surface area contributed by atoms with E-state index in [1.54, 1.807) is 11.3 Å². The summed E-state index contributed by atoms with van der Waals surface area (Å²) >= 11 is 1.79. The number of guanidine groups is 1. The maximum Gasteiger partial charge on any atom is 0.188 e. The van der Waals surface area contributed by atoms with Crippen molar-refractivity contribution in [2.75, 3.05) is 32.8 Å². The smallest absolute Gasteiger partial charge is 0.188 e. The Balaban J connectivity index is 1.95. The van der Waals surface area contributed by atoms with Gasteiger partial charge in [-0.05, 0) is 30.7 Å². The Kier molecular flexibility index (Phi) is 7.33. The van der Waals surface area contributed by atoms with Gasteiger partial charge in [-0.1, -0.05) is 19.9 Å². The number of aliphatic imine (C=N–C) groups is 1. The van der Waals surface area contributed by atoms with Crippen molar-refractivity contribution in [2.24, 2.45) is 16.6 Å². The molecule has 2 unspecified atom stereocenters. The average molecular weight is 339 g/mol. The minimum atomic E-state index is 0.275. The molecule has 2 rings (SSSR count). The molecule has 1 fully saturated rings. The van der Waals surface area contributed by atoms with Gasteiger partial charge >= 0.3 is 0 Å². The number of nitrogens with one attached hydrogen (secondary N) is 1. The van der Waals surface area contributed by atoms with Crippen molar-refractivity contribution < 1.29 is 4.74 Å². The van der Waals surface area contributed by atoms with Gasteiger partial charge in [0.2, 0.25) is 0 Å². The molecule has 0 saturated carbocycles. The molecular formula is C17H30N4OS. The molecule has 23 heavy (non-hydrogen) atoms. The van der Waals surface area contributed by atoms with Crippen LogP contribution in [0.25, 0.3) is 0 Å². The number of thiophene rings is 1. The van der Waals surface area contributed by atoms with Gasteiger partial charge in [-0.15, -0.1) is 11.3 Å². The van der Waals surface area contributed by atoms with Gasteiger partial charge in [-0.3, -0.25) is 9.89 Å². The monoisotopic (exact) mass is 338 g/mol. The number of nitrogens with two attached hydrogens (primary N) is 1. The van der Waals surface area contributed by atoms with E-state index in [0.717, 1.165) is 32.7 Å². The van der Waals surface area contributed by atoms with Crippen molar-refractivity contribution in [3.8, 4) is 0 Å². The fraction of sp³-hybridized carbons (Fsp3) is 0.706. The molecule has 130 valence electrons. The molecule has 0 bridgehead atoms. The Bertz CT molecular complexity index is 475. The SMILES string of the molecule is CC(C)CCNC(N)=NCC(c1cccs1)N1CCOC(C)C1. The number of nitrogens with zero attached hydrogens (tertiary/aromatic N) is 2. The predicted molar refractivity (Wildman–Crippen MR) is 98.0 cm³/mol. The van der Waals surface area contributed by atoms with Gasteiger partial charge in [-0.2, -0.15) is 0 Å². The number of ether oxygens (including phenoxy) is 1. The van der Waals surface area contributed by atoms with Crippen LogP contribution >= 0.6 is 11.3 Å². The van der Waals surface area contributed by atoms with Crippen LogP contribution in [0.1, 0.15) is 38.1 Å². The molecule has 1 saturated heterocycles. The van der Waals surface area contributed by atoms with Crippen LogP contribution in [0.3, 0.4) is 0 Å². The van der Waals surface area contributed by atoms with Crippen LogP contribution in [0.5, 0.6) is 0 Å². The molecule has 0 spiro atoms. The summed E-state index contributed by atoms with van der Waals surface area (Å²) in [6, 6.07) is 4.57. The van der Waals surface area contributed by atoms with E-state index in [0.29, 0.717) is 18.4 Å². The van der Waals surface area contributed by atoms with E-state index in [-0.39, 0.29) is 12.1 Å². The minimum absolute atomic E-state index is 0.275. The highest BCUT2D eigenvalue weighted by Gasteiger charge is 2.26. The predicted octanol–water partition coefficient (Wildman–Crippen LogP) is 2.46. The van der Waals surface area contributed by atoms with E-state index in [1.807, 2.05) is 0 Å². The summed E-state index contributed by atoms with van der Waals surface area (Å²) in [5.74, 6) is 1.22. The van der Waals surface area contributed by atoms with Crippen LogP contribution in [0, 0.1) is 5.92 Å². The number of hydrogen-bond donors (Lipinski definition) is 2. The highest BCUT2D eigenvalue weighted by molar-refractivity contribution is 7.10. The van der Waals surface area contributed by atoms with Gasteiger partial charge in [0.25, 0.3) is 0 Å². The first kappa shape index (κ1) is 18.2. The van der Waals surface area contributed by atoms with E-state index >= 15 is 0 Å². The Morgan fingerprint density at radius 1 is 1.57 bits per heavy atom. The van der Waals surface area contributed by atoms with Gasteiger partial charge < -0.3 is 15.8 Å². The summed E-state index contributed by atoms with van der Waals surface area (Å²) in [4.78, 5) is 8.39. The van der Waals surface area contributed by atoms with Crippen molar-refractivity contribution in [3.05, 3.63) is 22.4 Å². The molecule has 2 heterocycles. The number of morpholine rings is 1. The summed E-state index contributed by atoms with van der Waals surface area (Å²) in [7, 11) is 0. The van der Waals surface area contributed by atoms with Gasteiger partial charge in [-0.25, -0.2) is 0 Å². The molecule has 0 aliphatic carbocycles. The molecule has 0 aromatic carbocycles. The summed E-state index contributed by atoms with van der Waals surface area (Å²) in [5.41, 5.74) is 6.02. The first-order valence-electron chi connectivity index (χ1n) is 8.49. The zero-order chi connectivity index (χ0) is 16.7. The zero-order valence-corrected chi connectivity index (χ0v) is 15.3. The molecule has 6 heteroatoms. The molecule has 5 nitrogen and oxygen atoms in total. The number of rotatable bonds is 7. The van der Waals surface area contributed by atoms with Crippen LogP contribution in [0.4, 0.5) is 0 Å². The standard InChI is InChI=1S/C17H30N4OS/c1-13(2)6-7-19-17(18)20-11-15(16-5-4-10-23-16)21-8-9-22-14(3)12-21/h4-5,10,13-15H,6-9,11-12H2,1-3H3,(H3,18,19,20). The van der Waals surface area contributed by atoms with Gasteiger partial charge in [0.05, 0.1) is 25.3 Å². The second-order valence-electron chi connectivity index (χ2n) is 6.54. The Morgan fingerprint density at radius 2 is 2.39 bits per heavy atom. The van der Waals surface area contributed by atoms with Crippen molar-refractivity contribution in [2.45, 2.75) is 39.3 Å². The van der Waals surface area contributed by atoms with Crippen molar-refractivity contribution >= 4 is 17.3 Å². The first-order valence-corrected chi connectivity index (χ1v) is 9.37. The van der Waals surface area contributed by atoms with Crippen molar-refractivity contribution in [3.63, 3.8) is 0 Å². The fourth-order valence-electron chi connectivity index (χ4n) is 2.72. The minimum Gasteiger partial charge on any atom is -0.376 e. The second-order valence-corrected chi connectivity index (χ2v) is 7.52. The third-order valence-corrected chi connectivity index (χ3v) is 5.02. The zero-order valence-electron chi connectivity index (χ0n) is 14.5. The molecule has 1 aliphatic heterocycles. The Hall–Kier alpha value is -1.11. The maximum absolute atomic E-state index is 6.02. The normalized spacial score (nSPS) is 21.6. The summed E-state index contributed by atoms with van der Waals surface area (Å²) in [5, 5.41) is 5.34. The number of hydrogen-bond acceptors (Lipinski definition) is 4. The highest BCUT2D eigenvalue weighted by atomic mass is 32.1. The quantitative estimate of drug-likeness (QED) is 0.592. The lowest BCUT2D eigenvalue weighted by Crippen LogP contribution is -2.44. The largest absolute Gasteiger partial charge is 0.376 e. The second kappa shape index (κ2) is 9.25. The average Bonchev–Trinajstić information content (AvgIpc) is 3.01. The van der Waals surface area contributed by atoms with Gasteiger partial charge in [0, 0.05) is 24.5 Å². The van der Waals surface area contributed by atoms with Crippen molar-refractivity contribution in [1.29, 1.82) is 0 Å².